The van der Waals surface area contributed by atoms with Gasteiger partial charge in [-0.05, 0) is 42.3 Å². The van der Waals surface area contributed by atoms with Crippen molar-refractivity contribution >= 4 is 17.3 Å². The standard InChI is InChI=1S/C16H14N2O2/c1-11-2-5-13(16(19)20)10-15(11)18-14-6-3-12(4-7-14)8-9-17/h2-7,10,18H,8H2,1H3,(H,19,20). The molecule has 2 rings (SSSR count). The van der Waals surface area contributed by atoms with Crippen molar-refractivity contribution < 1.29 is 9.90 Å². The second-order valence-electron chi connectivity index (χ2n) is 4.49. The van der Waals surface area contributed by atoms with Crippen molar-refractivity contribution in [1.82, 2.24) is 0 Å². The van der Waals surface area contributed by atoms with Crippen LogP contribution < -0.4 is 5.32 Å². The Balaban J connectivity index is 2.23. The van der Waals surface area contributed by atoms with Crippen LogP contribution in [0.3, 0.4) is 0 Å². The zero-order valence-electron chi connectivity index (χ0n) is 11.1. The number of nitrogens with zero attached hydrogens (tertiary/aromatic N) is 1. The summed E-state index contributed by atoms with van der Waals surface area (Å²) < 4.78 is 0. The molecule has 100 valence electrons. The topological polar surface area (TPSA) is 73.1 Å². The summed E-state index contributed by atoms with van der Waals surface area (Å²) in [7, 11) is 0. The lowest BCUT2D eigenvalue weighted by Crippen LogP contribution is -2.00. The van der Waals surface area contributed by atoms with Crippen LogP contribution in [0.5, 0.6) is 0 Å². The molecule has 0 aliphatic carbocycles. The van der Waals surface area contributed by atoms with Gasteiger partial charge in [0, 0.05) is 11.4 Å². The van der Waals surface area contributed by atoms with Gasteiger partial charge in [0.05, 0.1) is 18.1 Å². The van der Waals surface area contributed by atoms with Gasteiger partial charge >= 0.3 is 5.97 Å². The third-order valence-electron chi connectivity index (χ3n) is 3.00. The summed E-state index contributed by atoms with van der Waals surface area (Å²) in [6, 6.07) is 14.6. The molecule has 0 saturated heterocycles. The number of carboxylic acid groups (broad SMARTS) is 1. The van der Waals surface area contributed by atoms with Crippen LogP contribution >= 0.6 is 0 Å². The van der Waals surface area contributed by atoms with Crippen LogP contribution in [0.2, 0.25) is 0 Å². The van der Waals surface area contributed by atoms with Gasteiger partial charge in [-0.1, -0.05) is 18.2 Å². The van der Waals surface area contributed by atoms with Crippen molar-refractivity contribution in [2.45, 2.75) is 13.3 Å². The highest BCUT2D eigenvalue weighted by Crippen LogP contribution is 2.22. The number of carboxylic acids is 1. The monoisotopic (exact) mass is 266 g/mol. The summed E-state index contributed by atoms with van der Waals surface area (Å²) in [5, 5.41) is 20.8. The van der Waals surface area contributed by atoms with Crippen molar-refractivity contribution in [3.63, 3.8) is 0 Å². The highest BCUT2D eigenvalue weighted by atomic mass is 16.4. The Morgan fingerprint density at radius 2 is 1.95 bits per heavy atom. The third-order valence-corrected chi connectivity index (χ3v) is 3.00. The van der Waals surface area contributed by atoms with Gasteiger partial charge in [-0.15, -0.1) is 0 Å². The number of aryl methyl sites for hydroxylation is 1. The first-order valence-corrected chi connectivity index (χ1v) is 6.17. The smallest absolute Gasteiger partial charge is 0.335 e. The summed E-state index contributed by atoms with van der Waals surface area (Å²) >= 11 is 0. The van der Waals surface area contributed by atoms with Crippen LogP contribution in [0.15, 0.2) is 42.5 Å². The first kappa shape index (κ1) is 13.6. The second kappa shape index (κ2) is 5.89. The highest BCUT2D eigenvalue weighted by molar-refractivity contribution is 5.89. The van der Waals surface area contributed by atoms with Crippen LogP contribution in [-0.4, -0.2) is 11.1 Å². The van der Waals surface area contributed by atoms with Crippen LogP contribution in [0.25, 0.3) is 0 Å². The van der Waals surface area contributed by atoms with Gasteiger partial charge in [0.2, 0.25) is 0 Å². The molecular weight excluding hydrogens is 252 g/mol. The molecule has 0 amide bonds. The lowest BCUT2D eigenvalue weighted by Gasteiger charge is -2.11. The van der Waals surface area contributed by atoms with E-state index in [1.54, 1.807) is 18.2 Å². The average molecular weight is 266 g/mol. The van der Waals surface area contributed by atoms with Gasteiger partial charge in [0.15, 0.2) is 0 Å². The average Bonchev–Trinajstić information content (AvgIpc) is 2.43. The number of benzene rings is 2. The number of aromatic carboxylic acids is 1. The van der Waals surface area contributed by atoms with Gasteiger partial charge in [-0.2, -0.15) is 5.26 Å². The van der Waals surface area contributed by atoms with Crippen molar-refractivity contribution in [1.29, 1.82) is 5.26 Å². The molecule has 4 heteroatoms. The minimum absolute atomic E-state index is 0.249. The lowest BCUT2D eigenvalue weighted by molar-refractivity contribution is 0.0697. The fourth-order valence-electron chi connectivity index (χ4n) is 1.84. The minimum Gasteiger partial charge on any atom is -0.478 e. The number of hydrogen-bond acceptors (Lipinski definition) is 3. The molecule has 0 radical (unpaired) electrons. The van der Waals surface area contributed by atoms with E-state index < -0.39 is 5.97 Å². The van der Waals surface area contributed by atoms with Gasteiger partial charge in [0.1, 0.15) is 0 Å². The van der Waals surface area contributed by atoms with E-state index in [-0.39, 0.29) is 5.56 Å². The van der Waals surface area contributed by atoms with E-state index in [2.05, 4.69) is 11.4 Å². The maximum Gasteiger partial charge on any atom is 0.335 e. The Hall–Kier alpha value is -2.80. The summed E-state index contributed by atoms with van der Waals surface area (Å²) in [4.78, 5) is 11.0. The van der Waals surface area contributed by atoms with Gasteiger partial charge in [-0.25, -0.2) is 4.79 Å². The first-order chi connectivity index (χ1) is 9.60. The van der Waals surface area contributed by atoms with E-state index in [9.17, 15) is 4.79 Å². The molecule has 4 nitrogen and oxygen atoms in total. The quantitative estimate of drug-likeness (QED) is 0.888. The van der Waals surface area contributed by atoms with Gasteiger partial charge in [-0.3, -0.25) is 0 Å². The predicted molar refractivity (Wildman–Crippen MR) is 77.2 cm³/mol. The summed E-state index contributed by atoms with van der Waals surface area (Å²) in [6.45, 7) is 1.91. The lowest BCUT2D eigenvalue weighted by atomic mass is 10.1. The number of rotatable bonds is 4. The number of hydrogen-bond donors (Lipinski definition) is 2. The van der Waals surface area contributed by atoms with Crippen LogP contribution in [0.4, 0.5) is 11.4 Å². The largest absolute Gasteiger partial charge is 0.478 e. The first-order valence-electron chi connectivity index (χ1n) is 6.17. The molecule has 0 saturated carbocycles. The Labute approximate surface area is 117 Å². The molecule has 20 heavy (non-hydrogen) atoms. The number of nitriles is 1. The summed E-state index contributed by atoms with van der Waals surface area (Å²) in [5.74, 6) is -0.947. The van der Waals surface area contributed by atoms with E-state index in [1.165, 1.54) is 0 Å². The number of nitrogens with one attached hydrogen (secondary N) is 1. The van der Waals surface area contributed by atoms with Crippen molar-refractivity contribution in [3.05, 3.63) is 59.2 Å². The molecule has 0 aliphatic heterocycles. The SMILES string of the molecule is Cc1ccc(C(=O)O)cc1Nc1ccc(CC#N)cc1. The Morgan fingerprint density at radius 1 is 1.25 bits per heavy atom. The zero-order chi connectivity index (χ0) is 14.5. The normalized spacial score (nSPS) is 9.80. The van der Waals surface area contributed by atoms with E-state index in [0.29, 0.717) is 6.42 Å². The summed E-state index contributed by atoms with van der Waals surface area (Å²) in [6.07, 6.45) is 0.383. The van der Waals surface area contributed by atoms with Crippen molar-refractivity contribution in [2.75, 3.05) is 5.32 Å². The second-order valence-corrected chi connectivity index (χ2v) is 4.49. The molecule has 0 aromatic heterocycles. The number of anilines is 2. The zero-order valence-corrected chi connectivity index (χ0v) is 11.1. The molecule has 0 fully saturated rings. The minimum atomic E-state index is -0.947. The third kappa shape index (κ3) is 3.15. The fraction of sp³-hybridized carbons (Fsp3) is 0.125. The molecule has 0 atom stereocenters. The fourth-order valence-corrected chi connectivity index (χ4v) is 1.84. The van der Waals surface area contributed by atoms with Crippen LogP contribution in [0.1, 0.15) is 21.5 Å². The molecular formula is C16H14N2O2. The van der Waals surface area contributed by atoms with Crippen LogP contribution in [0, 0.1) is 18.3 Å². The maximum absolute atomic E-state index is 11.0. The molecule has 2 aromatic carbocycles. The molecule has 0 heterocycles. The molecule has 0 bridgehead atoms. The molecule has 2 aromatic rings. The van der Waals surface area contributed by atoms with E-state index in [4.69, 9.17) is 10.4 Å². The molecule has 0 aliphatic rings. The maximum atomic E-state index is 11.0. The Bertz CT molecular complexity index is 670. The van der Waals surface area contributed by atoms with E-state index in [1.807, 2.05) is 31.2 Å². The molecule has 0 spiro atoms. The Morgan fingerprint density at radius 3 is 2.55 bits per heavy atom. The highest BCUT2D eigenvalue weighted by Gasteiger charge is 2.06. The summed E-state index contributed by atoms with van der Waals surface area (Å²) in [5.41, 5.74) is 3.79. The van der Waals surface area contributed by atoms with Crippen molar-refractivity contribution in [2.24, 2.45) is 0 Å². The van der Waals surface area contributed by atoms with Gasteiger partial charge in [0.25, 0.3) is 0 Å². The Kier molecular flexibility index (Phi) is 4.02. The molecule has 0 unspecified atom stereocenters. The number of carbonyl (C=O) groups is 1. The van der Waals surface area contributed by atoms with Crippen LogP contribution in [-0.2, 0) is 6.42 Å². The van der Waals surface area contributed by atoms with E-state index >= 15 is 0 Å². The van der Waals surface area contributed by atoms with E-state index in [0.717, 1.165) is 22.5 Å². The van der Waals surface area contributed by atoms with Gasteiger partial charge < -0.3 is 10.4 Å². The molecule has 2 N–H and O–H groups in total. The predicted octanol–water partition coefficient (Wildman–Crippen LogP) is 3.50. The van der Waals surface area contributed by atoms with Crippen molar-refractivity contribution in [3.8, 4) is 6.07 Å².